The number of rotatable bonds is 0. The van der Waals surface area contributed by atoms with E-state index in [2.05, 4.69) is 0 Å². The van der Waals surface area contributed by atoms with Gasteiger partial charge >= 0.3 is 0 Å². The Morgan fingerprint density at radius 3 is 2.89 bits per heavy atom. The number of carbonyl (C=O) groups excluding carboxylic acids is 1. The highest BCUT2D eigenvalue weighted by Crippen LogP contribution is 2.06. The van der Waals surface area contributed by atoms with Gasteiger partial charge in [0.05, 0.1) is 6.54 Å². The molecule has 1 fully saturated rings. The number of carbonyl (C=O) groups is 1. The Bertz CT molecular complexity index is 126. The summed E-state index contributed by atoms with van der Waals surface area (Å²) in [5, 5.41) is 9.44. The summed E-state index contributed by atoms with van der Waals surface area (Å²) in [5.74, 6) is -0.225. The van der Waals surface area contributed by atoms with E-state index < -0.39 is 0 Å². The zero-order valence-electron chi connectivity index (χ0n) is 5.08. The maximum atomic E-state index is 10.6. The molecule has 0 aromatic rings. The molecule has 1 aliphatic heterocycles. The van der Waals surface area contributed by atoms with Crippen molar-refractivity contribution in [1.82, 2.24) is 5.06 Å². The molecule has 1 unspecified atom stereocenters. The summed E-state index contributed by atoms with van der Waals surface area (Å²) in [6.07, 6.45) is 1.06. The van der Waals surface area contributed by atoms with E-state index in [0.29, 0.717) is 17.9 Å². The van der Waals surface area contributed by atoms with E-state index in [1.54, 1.807) is 0 Å². The van der Waals surface area contributed by atoms with Crippen molar-refractivity contribution in [2.45, 2.75) is 18.9 Å². The summed E-state index contributed by atoms with van der Waals surface area (Å²) in [5.41, 5.74) is 5.43. The first-order valence-corrected chi connectivity index (χ1v) is 2.95. The molecule has 1 amide bonds. The topological polar surface area (TPSA) is 66.6 Å². The number of nitrogens with two attached hydrogens (primary N) is 1. The van der Waals surface area contributed by atoms with Crippen molar-refractivity contribution in [3.05, 3.63) is 0 Å². The SMILES string of the molecule is NC1CCC(=O)N(O)C1. The van der Waals surface area contributed by atoms with Crippen LogP contribution in [0.4, 0.5) is 0 Å². The zero-order chi connectivity index (χ0) is 6.85. The van der Waals surface area contributed by atoms with Crippen molar-refractivity contribution in [2.75, 3.05) is 6.54 Å². The van der Waals surface area contributed by atoms with Crippen LogP contribution in [-0.4, -0.2) is 28.8 Å². The van der Waals surface area contributed by atoms with Crippen molar-refractivity contribution in [3.8, 4) is 0 Å². The molecular formula is C5H10N2O2. The summed E-state index contributed by atoms with van der Waals surface area (Å²) in [6.45, 7) is 0.277. The van der Waals surface area contributed by atoms with Crippen molar-refractivity contribution in [2.24, 2.45) is 5.73 Å². The predicted molar refractivity (Wildman–Crippen MR) is 30.7 cm³/mol. The molecule has 1 heterocycles. The smallest absolute Gasteiger partial charge is 0.246 e. The molecule has 4 heteroatoms. The first-order valence-electron chi connectivity index (χ1n) is 2.95. The summed E-state index contributed by atoms with van der Waals surface area (Å²) in [4.78, 5) is 10.6. The molecule has 1 aliphatic rings. The second-order valence-electron chi connectivity index (χ2n) is 2.27. The lowest BCUT2D eigenvalue weighted by Gasteiger charge is -2.24. The highest BCUT2D eigenvalue weighted by molar-refractivity contribution is 5.75. The minimum absolute atomic E-state index is 0.0484. The minimum atomic E-state index is -0.225. The zero-order valence-corrected chi connectivity index (χ0v) is 5.08. The fraction of sp³-hybridized carbons (Fsp3) is 0.800. The summed E-state index contributed by atoms with van der Waals surface area (Å²) in [6, 6.07) is -0.0484. The van der Waals surface area contributed by atoms with Crippen molar-refractivity contribution >= 4 is 5.91 Å². The van der Waals surface area contributed by atoms with Crippen LogP contribution in [0.2, 0.25) is 0 Å². The lowest BCUT2D eigenvalue weighted by Crippen LogP contribution is -2.44. The molecule has 0 saturated carbocycles. The molecule has 1 atom stereocenters. The van der Waals surface area contributed by atoms with Gasteiger partial charge in [-0.3, -0.25) is 10.0 Å². The number of hydroxylamine groups is 2. The molecule has 0 spiro atoms. The molecule has 3 N–H and O–H groups in total. The standard InChI is InChI=1S/C5H10N2O2/c6-4-1-2-5(8)7(9)3-4/h4,9H,1-3,6H2. The number of hydrogen-bond donors (Lipinski definition) is 2. The Hall–Kier alpha value is -0.610. The molecule has 0 aromatic heterocycles. The van der Waals surface area contributed by atoms with Crippen LogP contribution in [0.5, 0.6) is 0 Å². The summed E-state index contributed by atoms with van der Waals surface area (Å²) in [7, 11) is 0. The molecule has 9 heavy (non-hydrogen) atoms. The van der Waals surface area contributed by atoms with Gasteiger partial charge in [0.1, 0.15) is 0 Å². The van der Waals surface area contributed by atoms with Gasteiger partial charge in [-0.2, -0.15) is 0 Å². The third kappa shape index (κ3) is 1.40. The Balaban J connectivity index is 2.44. The summed E-state index contributed by atoms with van der Waals surface area (Å²) >= 11 is 0. The predicted octanol–water partition coefficient (Wildman–Crippen LogP) is -0.675. The van der Waals surface area contributed by atoms with Crippen LogP contribution in [-0.2, 0) is 4.79 Å². The number of amides is 1. The van der Waals surface area contributed by atoms with E-state index in [1.807, 2.05) is 0 Å². The third-order valence-electron chi connectivity index (χ3n) is 1.42. The molecule has 1 rings (SSSR count). The van der Waals surface area contributed by atoms with E-state index >= 15 is 0 Å². The van der Waals surface area contributed by atoms with Gasteiger partial charge < -0.3 is 5.73 Å². The second kappa shape index (κ2) is 2.33. The van der Waals surface area contributed by atoms with Crippen LogP contribution in [0, 0.1) is 0 Å². The molecule has 0 aromatic carbocycles. The first kappa shape index (κ1) is 6.51. The molecule has 52 valence electrons. The minimum Gasteiger partial charge on any atom is -0.326 e. The Morgan fingerprint density at radius 2 is 2.44 bits per heavy atom. The van der Waals surface area contributed by atoms with E-state index in [9.17, 15) is 4.79 Å². The fourth-order valence-corrected chi connectivity index (χ4v) is 0.853. The fourth-order valence-electron chi connectivity index (χ4n) is 0.853. The Morgan fingerprint density at radius 1 is 1.78 bits per heavy atom. The average Bonchev–Trinajstić information content (AvgIpc) is 1.80. The maximum Gasteiger partial charge on any atom is 0.246 e. The first-order chi connectivity index (χ1) is 4.20. The van der Waals surface area contributed by atoms with Crippen LogP contribution in [0.15, 0.2) is 0 Å². The van der Waals surface area contributed by atoms with Crippen LogP contribution in [0.25, 0.3) is 0 Å². The highest BCUT2D eigenvalue weighted by Gasteiger charge is 2.20. The van der Waals surface area contributed by atoms with Crippen LogP contribution < -0.4 is 5.73 Å². The number of piperidine rings is 1. The highest BCUT2D eigenvalue weighted by atomic mass is 16.5. The van der Waals surface area contributed by atoms with Crippen LogP contribution in [0.3, 0.4) is 0 Å². The van der Waals surface area contributed by atoms with Gasteiger partial charge in [0.2, 0.25) is 5.91 Å². The molecule has 0 radical (unpaired) electrons. The second-order valence-corrected chi connectivity index (χ2v) is 2.27. The van der Waals surface area contributed by atoms with Crippen LogP contribution in [0.1, 0.15) is 12.8 Å². The lowest BCUT2D eigenvalue weighted by molar-refractivity contribution is -0.170. The van der Waals surface area contributed by atoms with Crippen LogP contribution >= 0.6 is 0 Å². The normalized spacial score (nSPS) is 28.9. The lowest BCUT2D eigenvalue weighted by atomic mass is 10.1. The largest absolute Gasteiger partial charge is 0.326 e. The van der Waals surface area contributed by atoms with Crippen molar-refractivity contribution in [1.29, 1.82) is 0 Å². The molecule has 4 nitrogen and oxygen atoms in total. The molecule has 0 bridgehead atoms. The van der Waals surface area contributed by atoms with Crippen molar-refractivity contribution in [3.63, 3.8) is 0 Å². The van der Waals surface area contributed by atoms with E-state index in [-0.39, 0.29) is 18.5 Å². The van der Waals surface area contributed by atoms with Gasteiger partial charge in [-0.1, -0.05) is 0 Å². The number of hydrogen-bond acceptors (Lipinski definition) is 3. The summed E-state index contributed by atoms with van der Waals surface area (Å²) < 4.78 is 0. The van der Waals surface area contributed by atoms with E-state index in [0.717, 1.165) is 0 Å². The van der Waals surface area contributed by atoms with E-state index in [1.165, 1.54) is 0 Å². The molecule has 1 saturated heterocycles. The van der Waals surface area contributed by atoms with Gasteiger partial charge in [-0.25, -0.2) is 5.06 Å². The number of nitrogens with zero attached hydrogens (tertiary/aromatic N) is 1. The van der Waals surface area contributed by atoms with Gasteiger partial charge in [-0.15, -0.1) is 0 Å². The van der Waals surface area contributed by atoms with E-state index in [4.69, 9.17) is 10.9 Å². The molecule has 0 aliphatic carbocycles. The Kier molecular flexibility index (Phi) is 1.68. The monoisotopic (exact) mass is 130 g/mol. The quantitative estimate of drug-likeness (QED) is 0.427. The average molecular weight is 130 g/mol. The van der Waals surface area contributed by atoms with Gasteiger partial charge in [0.15, 0.2) is 0 Å². The van der Waals surface area contributed by atoms with Crippen molar-refractivity contribution < 1.29 is 10.0 Å². The van der Waals surface area contributed by atoms with Gasteiger partial charge in [0.25, 0.3) is 0 Å². The third-order valence-corrected chi connectivity index (χ3v) is 1.42. The Labute approximate surface area is 53.2 Å². The molecular weight excluding hydrogens is 120 g/mol. The van der Waals surface area contributed by atoms with Gasteiger partial charge in [0, 0.05) is 12.5 Å². The van der Waals surface area contributed by atoms with Gasteiger partial charge in [-0.05, 0) is 6.42 Å². The maximum absolute atomic E-state index is 10.6.